The van der Waals surface area contributed by atoms with Gasteiger partial charge in [-0.3, -0.25) is 0 Å². The van der Waals surface area contributed by atoms with Gasteiger partial charge in [0.25, 0.3) is 0 Å². The molecule has 3 nitrogen and oxygen atoms in total. The maximum Gasteiger partial charge on any atom is 0.223 e. The number of aromatic nitrogens is 2. The van der Waals surface area contributed by atoms with Gasteiger partial charge in [0, 0.05) is 17.4 Å². The second-order valence-corrected chi connectivity index (χ2v) is 3.76. The van der Waals surface area contributed by atoms with Crippen LogP contribution in [0.5, 0.6) is 0 Å². The second-order valence-electron chi connectivity index (χ2n) is 3.76. The van der Waals surface area contributed by atoms with E-state index in [2.05, 4.69) is 27.4 Å². The Hall–Kier alpha value is -1.38. The summed E-state index contributed by atoms with van der Waals surface area (Å²) in [7, 11) is 0. The van der Waals surface area contributed by atoms with E-state index in [0.717, 1.165) is 30.2 Å². The molecule has 1 aliphatic rings. The van der Waals surface area contributed by atoms with Crippen LogP contribution in [0.2, 0.25) is 0 Å². The Labute approximate surface area is 84.3 Å². The van der Waals surface area contributed by atoms with Crippen molar-refractivity contribution in [2.24, 2.45) is 0 Å². The van der Waals surface area contributed by atoms with E-state index < -0.39 is 0 Å². The Morgan fingerprint density at radius 1 is 1.14 bits per heavy atom. The standard InChI is InChI=1S/C11H15N3/c1-8-7-9(2)13-11(12-8)14-10-5-3-4-6-10/h3-4,7,10H,5-6H2,1-2H3,(H,12,13,14). The number of aryl methyl sites for hydroxylation is 2. The molecule has 0 radical (unpaired) electrons. The third-order valence-corrected chi connectivity index (χ3v) is 2.32. The van der Waals surface area contributed by atoms with Crippen molar-refractivity contribution in [3.05, 3.63) is 29.6 Å². The minimum absolute atomic E-state index is 0.483. The number of hydrogen-bond acceptors (Lipinski definition) is 3. The molecule has 0 aromatic carbocycles. The molecule has 0 unspecified atom stereocenters. The first-order valence-corrected chi connectivity index (χ1v) is 4.98. The lowest BCUT2D eigenvalue weighted by Gasteiger charge is -2.12. The van der Waals surface area contributed by atoms with Gasteiger partial charge in [-0.2, -0.15) is 0 Å². The molecule has 1 heterocycles. The molecule has 1 aliphatic carbocycles. The van der Waals surface area contributed by atoms with E-state index in [1.807, 2.05) is 19.9 Å². The van der Waals surface area contributed by atoms with E-state index in [1.165, 1.54) is 0 Å². The summed E-state index contributed by atoms with van der Waals surface area (Å²) in [6, 6.07) is 2.47. The van der Waals surface area contributed by atoms with Gasteiger partial charge in [-0.05, 0) is 32.8 Å². The first-order valence-electron chi connectivity index (χ1n) is 4.98. The van der Waals surface area contributed by atoms with Crippen LogP contribution in [0.4, 0.5) is 5.95 Å². The van der Waals surface area contributed by atoms with Gasteiger partial charge in [0.1, 0.15) is 0 Å². The van der Waals surface area contributed by atoms with Crippen molar-refractivity contribution in [1.29, 1.82) is 0 Å². The molecule has 0 amide bonds. The molecule has 0 fully saturated rings. The normalized spacial score (nSPS) is 16.1. The van der Waals surface area contributed by atoms with Crippen LogP contribution in [0.1, 0.15) is 24.2 Å². The summed E-state index contributed by atoms with van der Waals surface area (Å²) < 4.78 is 0. The van der Waals surface area contributed by atoms with Gasteiger partial charge in [0.2, 0.25) is 5.95 Å². The van der Waals surface area contributed by atoms with E-state index in [9.17, 15) is 0 Å². The summed E-state index contributed by atoms with van der Waals surface area (Å²) in [5.41, 5.74) is 2.04. The average Bonchev–Trinajstić information content (AvgIpc) is 2.54. The fraction of sp³-hybridized carbons (Fsp3) is 0.455. The van der Waals surface area contributed by atoms with Gasteiger partial charge >= 0.3 is 0 Å². The van der Waals surface area contributed by atoms with Crippen LogP contribution in [0.15, 0.2) is 18.2 Å². The molecule has 2 rings (SSSR count). The molecule has 3 heteroatoms. The van der Waals surface area contributed by atoms with E-state index in [0.29, 0.717) is 6.04 Å². The smallest absolute Gasteiger partial charge is 0.223 e. The molecule has 1 aromatic rings. The Bertz CT molecular complexity index is 329. The topological polar surface area (TPSA) is 37.8 Å². The molecule has 1 aromatic heterocycles. The van der Waals surface area contributed by atoms with Gasteiger partial charge in [-0.1, -0.05) is 12.2 Å². The molecule has 0 aliphatic heterocycles. The van der Waals surface area contributed by atoms with Gasteiger partial charge in [0.15, 0.2) is 0 Å². The second kappa shape index (κ2) is 3.78. The van der Waals surface area contributed by atoms with Gasteiger partial charge in [0.05, 0.1) is 0 Å². The fourth-order valence-electron chi connectivity index (χ4n) is 1.71. The minimum Gasteiger partial charge on any atom is -0.351 e. The lowest BCUT2D eigenvalue weighted by molar-refractivity contribution is 0.770. The molecular formula is C11H15N3. The third kappa shape index (κ3) is 2.10. The summed E-state index contributed by atoms with van der Waals surface area (Å²) in [5.74, 6) is 0.760. The van der Waals surface area contributed by atoms with Crippen molar-refractivity contribution in [2.75, 3.05) is 5.32 Å². The van der Waals surface area contributed by atoms with Crippen molar-refractivity contribution < 1.29 is 0 Å². The predicted molar refractivity (Wildman–Crippen MR) is 57.3 cm³/mol. The number of rotatable bonds is 2. The molecule has 74 valence electrons. The molecule has 14 heavy (non-hydrogen) atoms. The van der Waals surface area contributed by atoms with E-state index in [1.54, 1.807) is 0 Å². The predicted octanol–water partition coefficient (Wildman–Crippen LogP) is 2.22. The Morgan fingerprint density at radius 3 is 2.29 bits per heavy atom. The van der Waals surface area contributed by atoms with Crippen LogP contribution >= 0.6 is 0 Å². The molecule has 0 atom stereocenters. The lowest BCUT2D eigenvalue weighted by Crippen LogP contribution is -2.17. The fourth-order valence-corrected chi connectivity index (χ4v) is 1.71. The van der Waals surface area contributed by atoms with Crippen LogP contribution in [0.25, 0.3) is 0 Å². The van der Waals surface area contributed by atoms with Crippen molar-refractivity contribution in [1.82, 2.24) is 9.97 Å². The highest BCUT2D eigenvalue weighted by molar-refractivity contribution is 5.30. The molecule has 0 bridgehead atoms. The van der Waals surface area contributed by atoms with Crippen molar-refractivity contribution >= 4 is 5.95 Å². The summed E-state index contributed by atoms with van der Waals surface area (Å²) in [4.78, 5) is 8.70. The summed E-state index contributed by atoms with van der Waals surface area (Å²) in [6.07, 6.45) is 6.55. The highest BCUT2D eigenvalue weighted by Gasteiger charge is 2.11. The van der Waals surface area contributed by atoms with E-state index in [4.69, 9.17) is 0 Å². The van der Waals surface area contributed by atoms with Gasteiger partial charge in [-0.15, -0.1) is 0 Å². The highest BCUT2D eigenvalue weighted by atomic mass is 15.1. The zero-order valence-corrected chi connectivity index (χ0v) is 8.62. The van der Waals surface area contributed by atoms with Crippen molar-refractivity contribution in [3.63, 3.8) is 0 Å². The maximum atomic E-state index is 4.35. The third-order valence-electron chi connectivity index (χ3n) is 2.32. The molecule has 1 N–H and O–H groups in total. The van der Waals surface area contributed by atoms with Gasteiger partial charge < -0.3 is 5.32 Å². The molecule has 0 saturated carbocycles. The quantitative estimate of drug-likeness (QED) is 0.725. The van der Waals surface area contributed by atoms with Crippen LogP contribution in [0.3, 0.4) is 0 Å². The number of nitrogens with one attached hydrogen (secondary N) is 1. The maximum absolute atomic E-state index is 4.35. The Balaban J connectivity index is 2.08. The van der Waals surface area contributed by atoms with Crippen LogP contribution in [-0.4, -0.2) is 16.0 Å². The van der Waals surface area contributed by atoms with E-state index >= 15 is 0 Å². The largest absolute Gasteiger partial charge is 0.351 e. The lowest BCUT2D eigenvalue weighted by atomic mass is 10.2. The van der Waals surface area contributed by atoms with E-state index in [-0.39, 0.29) is 0 Å². The number of hydrogen-bond donors (Lipinski definition) is 1. The van der Waals surface area contributed by atoms with Crippen LogP contribution in [0, 0.1) is 13.8 Å². The summed E-state index contributed by atoms with van der Waals surface area (Å²) in [5, 5.41) is 3.34. The van der Waals surface area contributed by atoms with Crippen LogP contribution < -0.4 is 5.32 Å². The summed E-state index contributed by atoms with van der Waals surface area (Å²) in [6.45, 7) is 3.99. The number of nitrogens with zero attached hydrogens (tertiary/aromatic N) is 2. The Morgan fingerprint density at radius 2 is 1.71 bits per heavy atom. The molecular weight excluding hydrogens is 174 g/mol. The number of anilines is 1. The first kappa shape index (κ1) is 9.19. The minimum atomic E-state index is 0.483. The molecule has 0 saturated heterocycles. The Kier molecular flexibility index (Phi) is 2.48. The zero-order chi connectivity index (χ0) is 9.97. The van der Waals surface area contributed by atoms with Crippen LogP contribution in [-0.2, 0) is 0 Å². The monoisotopic (exact) mass is 189 g/mol. The molecule has 0 spiro atoms. The zero-order valence-electron chi connectivity index (χ0n) is 8.62. The van der Waals surface area contributed by atoms with Crippen molar-refractivity contribution in [2.45, 2.75) is 32.7 Å². The summed E-state index contributed by atoms with van der Waals surface area (Å²) >= 11 is 0. The highest BCUT2D eigenvalue weighted by Crippen LogP contribution is 2.14. The van der Waals surface area contributed by atoms with Gasteiger partial charge in [-0.25, -0.2) is 9.97 Å². The average molecular weight is 189 g/mol. The SMILES string of the molecule is Cc1cc(C)nc(NC2CC=CC2)n1. The van der Waals surface area contributed by atoms with Crippen molar-refractivity contribution in [3.8, 4) is 0 Å². The first-order chi connectivity index (χ1) is 6.74.